The Kier molecular flexibility index (Phi) is 10.1. The van der Waals surface area contributed by atoms with Crippen LogP contribution >= 0.6 is 0 Å². The van der Waals surface area contributed by atoms with Gasteiger partial charge in [-0.1, -0.05) is 5.06 Å². The zero-order chi connectivity index (χ0) is 33.8. The van der Waals surface area contributed by atoms with Crippen LogP contribution in [0.15, 0.2) is 0 Å². The Morgan fingerprint density at radius 1 is 0.591 bits per heavy atom. The maximum Gasteiger partial charge on any atom is 0.321 e. The molecule has 0 aliphatic carbocycles. The van der Waals surface area contributed by atoms with Crippen molar-refractivity contribution in [1.82, 2.24) is 15.2 Å². The standard InChI is InChI=1S/C32H57N3O9/c1-27(2)14-20(15-28(3,4)33(27)39)42-24(36)13-23(25(37)43-21-16-29(5,6)34(40)30(7,8)17-21)26(38)44-22-18-31(9,10)35(41)32(11,12)19-22/h20-23,39-41H,13-19H2,1-12H3/p+1. The molecule has 3 fully saturated rings. The van der Waals surface area contributed by atoms with E-state index in [1.807, 2.05) is 83.1 Å². The highest BCUT2D eigenvalue weighted by Gasteiger charge is 2.52. The molecule has 12 heteroatoms. The van der Waals surface area contributed by atoms with E-state index in [1.165, 1.54) is 15.2 Å². The van der Waals surface area contributed by atoms with Crippen LogP contribution in [0.4, 0.5) is 0 Å². The molecule has 1 unspecified atom stereocenters. The van der Waals surface area contributed by atoms with Gasteiger partial charge in [-0.3, -0.25) is 14.4 Å². The van der Waals surface area contributed by atoms with E-state index in [2.05, 4.69) is 0 Å². The van der Waals surface area contributed by atoms with Crippen LogP contribution in [-0.4, -0.2) is 100 Å². The zero-order valence-electron chi connectivity index (χ0n) is 28.9. The third kappa shape index (κ3) is 7.93. The quantitative estimate of drug-likeness (QED) is 0.181. The van der Waals surface area contributed by atoms with E-state index >= 15 is 0 Å². The highest BCUT2D eigenvalue weighted by Crippen LogP contribution is 2.41. The molecule has 0 radical (unpaired) electrons. The summed E-state index contributed by atoms with van der Waals surface area (Å²) in [6.07, 6.45) is -0.0457. The Labute approximate surface area is 262 Å². The van der Waals surface area contributed by atoms with Gasteiger partial charge in [0.15, 0.2) is 5.92 Å². The molecule has 3 aliphatic rings. The van der Waals surface area contributed by atoms with Crippen molar-refractivity contribution in [3.8, 4) is 0 Å². The lowest BCUT2D eigenvalue weighted by Gasteiger charge is -2.51. The summed E-state index contributed by atoms with van der Waals surface area (Å²) in [6.45, 7) is 22.4. The van der Waals surface area contributed by atoms with Gasteiger partial charge < -0.3 is 29.8 Å². The predicted molar refractivity (Wildman–Crippen MR) is 163 cm³/mol. The molecule has 1 atom stereocenters. The van der Waals surface area contributed by atoms with Crippen molar-refractivity contribution in [3.63, 3.8) is 0 Å². The average Bonchev–Trinajstić information content (AvgIpc) is 2.81. The summed E-state index contributed by atoms with van der Waals surface area (Å²) in [5.74, 6) is -3.98. The van der Waals surface area contributed by atoms with Crippen molar-refractivity contribution in [2.75, 3.05) is 0 Å². The van der Waals surface area contributed by atoms with Gasteiger partial charge in [-0.05, 0) is 83.1 Å². The molecule has 0 aromatic heterocycles. The van der Waals surface area contributed by atoms with Crippen LogP contribution in [0, 0.1) is 5.92 Å². The van der Waals surface area contributed by atoms with Crippen LogP contribution in [0.25, 0.3) is 0 Å². The molecule has 4 N–H and O–H groups in total. The summed E-state index contributed by atoms with van der Waals surface area (Å²) in [5, 5.41) is 33.9. The van der Waals surface area contributed by atoms with Crippen LogP contribution in [0.1, 0.15) is 128 Å². The van der Waals surface area contributed by atoms with Crippen LogP contribution in [0.3, 0.4) is 0 Å². The van der Waals surface area contributed by atoms with Gasteiger partial charge in [0.25, 0.3) is 0 Å². The predicted octanol–water partition coefficient (Wildman–Crippen LogP) is 4.11. The minimum atomic E-state index is -1.54. The minimum Gasteiger partial charge on any atom is -0.462 e. The first-order valence-electron chi connectivity index (χ1n) is 15.8. The molecule has 0 spiro atoms. The highest BCUT2D eigenvalue weighted by molar-refractivity contribution is 5.98. The Balaban J connectivity index is 1.81. The summed E-state index contributed by atoms with van der Waals surface area (Å²) in [7, 11) is 0. The van der Waals surface area contributed by atoms with E-state index < -0.39 is 81.8 Å². The Morgan fingerprint density at radius 2 is 0.864 bits per heavy atom. The summed E-state index contributed by atoms with van der Waals surface area (Å²) < 4.78 is 17.6. The lowest BCUT2D eigenvalue weighted by Crippen LogP contribution is -2.61. The number of piperidine rings is 3. The smallest absolute Gasteiger partial charge is 0.321 e. The van der Waals surface area contributed by atoms with E-state index in [-0.39, 0.29) is 0 Å². The number of ether oxygens (including phenoxy) is 3. The summed E-state index contributed by atoms with van der Waals surface area (Å²) in [6, 6.07) is 0. The fraction of sp³-hybridized carbons (Fsp3) is 0.906. The van der Waals surface area contributed by atoms with Crippen molar-refractivity contribution < 1.29 is 44.2 Å². The molecule has 3 saturated heterocycles. The van der Waals surface area contributed by atoms with Crippen molar-refractivity contribution in [3.05, 3.63) is 0 Å². The second kappa shape index (κ2) is 12.1. The van der Waals surface area contributed by atoms with Crippen LogP contribution < -0.4 is 0 Å². The Hall–Kier alpha value is -1.83. The van der Waals surface area contributed by atoms with Crippen molar-refractivity contribution in [1.29, 1.82) is 0 Å². The van der Waals surface area contributed by atoms with Crippen LogP contribution in [0.5, 0.6) is 0 Å². The van der Waals surface area contributed by atoms with Gasteiger partial charge in [0.1, 0.15) is 18.3 Å². The molecule has 44 heavy (non-hydrogen) atoms. The molecule has 0 amide bonds. The monoisotopic (exact) mass is 628 g/mol. The topological polar surface area (TPSA) is 152 Å². The molecule has 12 nitrogen and oxygen atoms in total. The number of hydrogen-bond donors (Lipinski definition) is 2. The lowest BCUT2D eigenvalue weighted by atomic mass is 9.80. The summed E-state index contributed by atoms with van der Waals surface area (Å²) >= 11 is 0. The van der Waals surface area contributed by atoms with Gasteiger partial charge in [-0.25, -0.2) is 0 Å². The van der Waals surface area contributed by atoms with E-state index in [0.29, 0.717) is 38.5 Å². The maximum atomic E-state index is 13.7. The molecule has 3 heterocycles. The van der Waals surface area contributed by atoms with E-state index in [9.17, 15) is 24.8 Å². The molecule has 3 aliphatic heterocycles. The molecule has 0 aromatic carbocycles. The van der Waals surface area contributed by atoms with Gasteiger partial charge >= 0.3 is 17.9 Å². The fourth-order valence-corrected chi connectivity index (χ4v) is 7.95. The Morgan fingerprint density at radius 3 is 1.18 bits per heavy atom. The lowest BCUT2D eigenvalue weighted by molar-refractivity contribution is -0.262. The maximum absolute atomic E-state index is 13.7. The number of nitrogens with zero attached hydrogens (tertiary/aromatic N) is 3. The number of rotatable bonds is 7. The molecular formula is C32H58N3O9+. The van der Waals surface area contributed by atoms with E-state index in [1.54, 1.807) is 0 Å². The number of hydrogen-bond acceptors (Lipinski definition) is 11. The second-order valence-corrected chi connectivity index (χ2v) is 17.0. The van der Waals surface area contributed by atoms with Crippen LogP contribution in [-0.2, 0) is 28.6 Å². The van der Waals surface area contributed by atoms with Gasteiger partial charge in [0.2, 0.25) is 0 Å². The van der Waals surface area contributed by atoms with Crippen molar-refractivity contribution >= 4 is 17.9 Å². The zero-order valence-corrected chi connectivity index (χ0v) is 28.9. The SMILES string of the molecule is CC1(C)CC(OC(=O)CC(C(=O)OC2CC(C)(C)N(O)C(C)(C)C2)C(=O)OC2CC(C)(C)N([OH2+])C(C)(C)C2)CC(C)(C)N1O. The van der Waals surface area contributed by atoms with Gasteiger partial charge in [-0.15, -0.1) is 0 Å². The van der Waals surface area contributed by atoms with Gasteiger partial charge in [0.05, 0.1) is 17.5 Å². The molecule has 3 rings (SSSR count). The molecule has 0 bridgehead atoms. The molecule has 0 aromatic rings. The third-order valence-corrected chi connectivity index (χ3v) is 9.67. The fourth-order valence-electron chi connectivity index (χ4n) is 7.95. The first-order chi connectivity index (χ1) is 19.7. The average molecular weight is 629 g/mol. The summed E-state index contributed by atoms with van der Waals surface area (Å²) in [5.41, 5.74) is -3.86. The number of carbonyl (C=O) groups excluding carboxylic acids is 3. The largest absolute Gasteiger partial charge is 0.462 e. The van der Waals surface area contributed by atoms with Crippen LogP contribution in [0.2, 0.25) is 0 Å². The highest BCUT2D eigenvalue weighted by atomic mass is 16.6. The van der Waals surface area contributed by atoms with Gasteiger partial charge in [-0.2, -0.15) is 10.1 Å². The molecular weight excluding hydrogens is 570 g/mol. The van der Waals surface area contributed by atoms with E-state index in [4.69, 9.17) is 19.4 Å². The summed E-state index contributed by atoms with van der Waals surface area (Å²) in [4.78, 5) is 40.7. The third-order valence-electron chi connectivity index (χ3n) is 9.67. The van der Waals surface area contributed by atoms with Gasteiger partial charge in [0, 0.05) is 60.7 Å². The normalized spacial score (nSPS) is 28.2. The minimum absolute atomic E-state index is 0.332. The first kappa shape index (κ1) is 36.6. The Bertz CT molecular complexity index is 991. The van der Waals surface area contributed by atoms with Crippen molar-refractivity contribution in [2.45, 2.75) is 180 Å². The number of hydroxylamine groups is 6. The van der Waals surface area contributed by atoms with Crippen molar-refractivity contribution in [2.24, 2.45) is 5.92 Å². The van der Waals surface area contributed by atoms with E-state index in [0.717, 1.165) is 0 Å². The second-order valence-electron chi connectivity index (χ2n) is 17.0. The molecule has 0 saturated carbocycles. The number of carbonyl (C=O) groups is 3. The first-order valence-corrected chi connectivity index (χ1v) is 15.8. The molecule has 254 valence electrons. The number of esters is 3.